The number of ether oxygens (including phenoxy) is 1. The lowest BCUT2D eigenvalue weighted by Crippen LogP contribution is -2.12. The van der Waals surface area contributed by atoms with Crippen molar-refractivity contribution in [2.75, 3.05) is 17.7 Å². The third kappa shape index (κ3) is 4.32. The number of Topliss-reactive ketones (excluding diaryl/α,β-unsaturated/α-hetero) is 1. The molecule has 1 amide bonds. The third-order valence-electron chi connectivity index (χ3n) is 4.20. The minimum absolute atomic E-state index is 0.0792. The van der Waals surface area contributed by atoms with Crippen molar-refractivity contribution in [1.29, 1.82) is 0 Å². The molecule has 1 heterocycles. The Hall–Kier alpha value is -3.94. The number of amides is 1. The molecule has 3 N–H and O–H groups in total. The molecule has 3 aromatic rings. The Balaban J connectivity index is 1.77. The maximum atomic E-state index is 12.5. The molecule has 8 nitrogen and oxygen atoms in total. The minimum Gasteiger partial charge on any atom is -0.462 e. The first kappa shape index (κ1) is 19.8. The highest BCUT2D eigenvalue weighted by Crippen LogP contribution is 2.19. The maximum absolute atomic E-state index is 12.5. The maximum Gasteiger partial charge on any atom is 0.343 e. The molecule has 0 aliphatic heterocycles. The van der Waals surface area contributed by atoms with Crippen LogP contribution in [0.25, 0.3) is 5.69 Å². The fourth-order valence-electron chi connectivity index (χ4n) is 2.70. The summed E-state index contributed by atoms with van der Waals surface area (Å²) in [6.07, 6.45) is 1.34. The van der Waals surface area contributed by atoms with Crippen molar-refractivity contribution in [1.82, 2.24) is 9.78 Å². The van der Waals surface area contributed by atoms with Gasteiger partial charge in [0.15, 0.2) is 5.78 Å². The van der Waals surface area contributed by atoms with Crippen LogP contribution in [0.2, 0.25) is 0 Å². The van der Waals surface area contributed by atoms with Gasteiger partial charge in [0.05, 0.1) is 18.5 Å². The quantitative estimate of drug-likeness (QED) is 0.492. The first-order valence-electron chi connectivity index (χ1n) is 8.94. The molecule has 0 spiro atoms. The highest BCUT2D eigenvalue weighted by Gasteiger charge is 2.17. The normalized spacial score (nSPS) is 10.4. The van der Waals surface area contributed by atoms with E-state index in [1.807, 2.05) is 0 Å². The number of anilines is 2. The lowest BCUT2D eigenvalue weighted by molar-refractivity contribution is 0.0527. The van der Waals surface area contributed by atoms with Gasteiger partial charge in [0.1, 0.15) is 11.4 Å². The van der Waals surface area contributed by atoms with Gasteiger partial charge in [-0.1, -0.05) is 12.1 Å². The van der Waals surface area contributed by atoms with E-state index in [4.69, 9.17) is 10.5 Å². The summed E-state index contributed by atoms with van der Waals surface area (Å²) >= 11 is 0. The van der Waals surface area contributed by atoms with Crippen LogP contribution in [0.15, 0.2) is 54.7 Å². The number of hydrogen-bond acceptors (Lipinski definition) is 6. The SMILES string of the molecule is CCOC(=O)c1cnn(-c2ccc(C(=O)Nc3cccc(C(C)=O)c3)cc2)c1N. The van der Waals surface area contributed by atoms with Gasteiger partial charge in [-0.25, -0.2) is 9.48 Å². The van der Waals surface area contributed by atoms with E-state index in [1.165, 1.54) is 17.8 Å². The fourth-order valence-corrected chi connectivity index (χ4v) is 2.70. The summed E-state index contributed by atoms with van der Waals surface area (Å²) in [4.78, 5) is 35.8. The number of nitrogen functional groups attached to an aromatic ring is 1. The Kier molecular flexibility index (Phi) is 5.73. The largest absolute Gasteiger partial charge is 0.462 e. The van der Waals surface area contributed by atoms with Crippen LogP contribution in [-0.4, -0.2) is 34.0 Å². The number of esters is 1. The number of carbonyl (C=O) groups is 3. The van der Waals surface area contributed by atoms with Gasteiger partial charge in [0, 0.05) is 16.8 Å². The minimum atomic E-state index is -0.542. The van der Waals surface area contributed by atoms with Crippen LogP contribution in [0.5, 0.6) is 0 Å². The molecule has 2 aromatic carbocycles. The van der Waals surface area contributed by atoms with Crippen LogP contribution in [0.4, 0.5) is 11.5 Å². The van der Waals surface area contributed by atoms with Crippen molar-refractivity contribution in [2.45, 2.75) is 13.8 Å². The van der Waals surface area contributed by atoms with Crippen molar-refractivity contribution in [2.24, 2.45) is 0 Å². The molecule has 0 saturated carbocycles. The van der Waals surface area contributed by atoms with E-state index < -0.39 is 5.97 Å². The number of benzene rings is 2. The van der Waals surface area contributed by atoms with E-state index in [0.717, 1.165) is 0 Å². The Bertz CT molecular complexity index is 1070. The van der Waals surface area contributed by atoms with Crippen LogP contribution in [0.3, 0.4) is 0 Å². The average molecular weight is 392 g/mol. The molecule has 0 aliphatic carbocycles. The zero-order valence-electron chi connectivity index (χ0n) is 16.0. The molecule has 1 aromatic heterocycles. The van der Waals surface area contributed by atoms with Crippen molar-refractivity contribution in [3.05, 3.63) is 71.4 Å². The van der Waals surface area contributed by atoms with E-state index >= 15 is 0 Å². The molecule has 0 bridgehead atoms. The van der Waals surface area contributed by atoms with Gasteiger partial charge < -0.3 is 15.8 Å². The fraction of sp³-hybridized carbons (Fsp3) is 0.143. The van der Waals surface area contributed by atoms with Gasteiger partial charge in [0.2, 0.25) is 0 Å². The van der Waals surface area contributed by atoms with Crippen molar-refractivity contribution in [3.8, 4) is 5.69 Å². The topological polar surface area (TPSA) is 116 Å². The van der Waals surface area contributed by atoms with E-state index in [9.17, 15) is 14.4 Å². The van der Waals surface area contributed by atoms with Crippen molar-refractivity contribution >= 4 is 29.2 Å². The summed E-state index contributed by atoms with van der Waals surface area (Å²) in [6, 6.07) is 13.3. The zero-order chi connectivity index (χ0) is 21.0. The average Bonchev–Trinajstić information content (AvgIpc) is 3.10. The molecular weight excluding hydrogens is 372 g/mol. The van der Waals surface area contributed by atoms with Crippen LogP contribution < -0.4 is 11.1 Å². The molecule has 0 aliphatic rings. The number of nitrogens with zero attached hydrogens (tertiary/aromatic N) is 2. The van der Waals surface area contributed by atoms with Crippen LogP contribution in [0, 0.1) is 0 Å². The molecule has 0 fully saturated rings. The summed E-state index contributed by atoms with van der Waals surface area (Å²) in [5.74, 6) is -0.788. The molecular formula is C21H20N4O4. The highest BCUT2D eigenvalue weighted by atomic mass is 16.5. The van der Waals surface area contributed by atoms with E-state index in [0.29, 0.717) is 22.5 Å². The molecule has 148 valence electrons. The summed E-state index contributed by atoms with van der Waals surface area (Å²) < 4.78 is 6.34. The van der Waals surface area contributed by atoms with Crippen molar-refractivity contribution in [3.63, 3.8) is 0 Å². The second-order valence-electron chi connectivity index (χ2n) is 6.21. The molecule has 29 heavy (non-hydrogen) atoms. The summed E-state index contributed by atoms with van der Waals surface area (Å²) in [5.41, 5.74) is 8.23. The van der Waals surface area contributed by atoms with Gasteiger partial charge in [-0.3, -0.25) is 9.59 Å². The Morgan fingerprint density at radius 3 is 2.48 bits per heavy atom. The van der Waals surface area contributed by atoms with E-state index in [-0.39, 0.29) is 29.7 Å². The number of nitrogens with two attached hydrogens (primary N) is 1. The molecule has 3 rings (SSSR count). The molecule has 0 atom stereocenters. The molecule has 0 radical (unpaired) electrons. The first-order chi connectivity index (χ1) is 13.9. The van der Waals surface area contributed by atoms with E-state index in [2.05, 4.69) is 10.4 Å². The lowest BCUT2D eigenvalue weighted by Gasteiger charge is -2.08. The lowest BCUT2D eigenvalue weighted by atomic mass is 10.1. The molecule has 0 unspecified atom stereocenters. The smallest absolute Gasteiger partial charge is 0.343 e. The Morgan fingerprint density at radius 1 is 1.10 bits per heavy atom. The Morgan fingerprint density at radius 2 is 1.83 bits per heavy atom. The second kappa shape index (κ2) is 8.39. The first-order valence-corrected chi connectivity index (χ1v) is 8.94. The van der Waals surface area contributed by atoms with Gasteiger partial charge >= 0.3 is 5.97 Å². The number of nitrogens with one attached hydrogen (secondary N) is 1. The highest BCUT2D eigenvalue weighted by molar-refractivity contribution is 6.05. The van der Waals surface area contributed by atoms with Crippen LogP contribution in [-0.2, 0) is 4.74 Å². The number of aromatic nitrogens is 2. The molecule has 0 saturated heterocycles. The number of carbonyl (C=O) groups excluding carboxylic acids is 3. The van der Waals surface area contributed by atoms with E-state index in [1.54, 1.807) is 55.5 Å². The van der Waals surface area contributed by atoms with Gasteiger partial charge in [-0.05, 0) is 50.2 Å². The van der Waals surface area contributed by atoms with Crippen molar-refractivity contribution < 1.29 is 19.1 Å². The van der Waals surface area contributed by atoms with Crippen LogP contribution in [0.1, 0.15) is 44.9 Å². The van der Waals surface area contributed by atoms with Gasteiger partial charge in [0.25, 0.3) is 5.91 Å². The van der Waals surface area contributed by atoms with Gasteiger partial charge in [-0.15, -0.1) is 0 Å². The number of ketones is 1. The second-order valence-corrected chi connectivity index (χ2v) is 6.21. The zero-order valence-corrected chi connectivity index (χ0v) is 16.0. The van der Waals surface area contributed by atoms with Gasteiger partial charge in [-0.2, -0.15) is 5.10 Å². The number of rotatable bonds is 6. The summed E-state index contributed by atoms with van der Waals surface area (Å²) in [6.45, 7) is 3.41. The standard InChI is InChI=1S/C21H20N4O4/c1-3-29-21(28)18-12-23-25(19(18)22)17-9-7-14(8-10-17)20(27)24-16-6-4-5-15(11-16)13(2)26/h4-12H,3,22H2,1-2H3,(H,24,27). The van der Waals surface area contributed by atoms with Crippen LogP contribution >= 0.6 is 0 Å². The summed E-state index contributed by atoms with van der Waals surface area (Å²) in [7, 11) is 0. The Labute approximate surface area is 167 Å². The molecule has 8 heteroatoms. The third-order valence-corrected chi connectivity index (χ3v) is 4.20. The monoisotopic (exact) mass is 392 g/mol. The summed E-state index contributed by atoms with van der Waals surface area (Å²) in [5, 5.41) is 6.87. The predicted octanol–water partition coefficient (Wildman–Crippen LogP) is 3.09. The number of hydrogen-bond donors (Lipinski definition) is 2. The predicted molar refractivity (Wildman–Crippen MR) is 108 cm³/mol.